The fraction of sp³-hybridized carbons (Fsp3) is 0.286. The summed E-state index contributed by atoms with van der Waals surface area (Å²) in [5.41, 5.74) is 2.54. The van der Waals surface area contributed by atoms with Crippen molar-refractivity contribution < 1.29 is 9.32 Å². The van der Waals surface area contributed by atoms with Gasteiger partial charge in [0.2, 0.25) is 5.91 Å². The molecule has 5 nitrogen and oxygen atoms in total. The standard InChI is InChI=1S/C21H23N3O2/c1-15(2)12-13-20(25)22-18-11-7-6-10-17(18)21-23-19(24-26-21)14-16-8-4-3-5-9-16/h3-11,15H,12-14H2,1-2H3,(H,22,25). The molecule has 0 aliphatic heterocycles. The number of carbonyl (C=O) groups is 1. The molecule has 1 amide bonds. The van der Waals surface area contributed by atoms with Crippen LogP contribution in [0.2, 0.25) is 0 Å². The molecule has 26 heavy (non-hydrogen) atoms. The molecule has 1 heterocycles. The van der Waals surface area contributed by atoms with Crippen LogP contribution in [0, 0.1) is 5.92 Å². The third-order valence-electron chi connectivity index (χ3n) is 4.05. The number of para-hydroxylation sites is 1. The molecule has 0 bridgehead atoms. The van der Waals surface area contributed by atoms with E-state index in [4.69, 9.17) is 4.52 Å². The van der Waals surface area contributed by atoms with E-state index in [0.29, 0.717) is 36.2 Å². The van der Waals surface area contributed by atoms with Gasteiger partial charge in [-0.2, -0.15) is 4.98 Å². The van der Waals surface area contributed by atoms with Crippen LogP contribution in [0.25, 0.3) is 11.5 Å². The molecule has 134 valence electrons. The van der Waals surface area contributed by atoms with Crippen LogP contribution >= 0.6 is 0 Å². The zero-order valence-corrected chi connectivity index (χ0v) is 15.1. The Morgan fingerprint density at radius 3 is 2.58 bits per heavy atom. The molecule has 0 fully saturated rings. The van der Waals surface area contributed by atoms with E-state index < -0.39 is 0 Å². The van der Waals surface area contributed by atoms with Gasteiger partial charge in [-0.3, -0.25) is 4.79 Å². The summed E-state index contributed by atoms with van der Waals surface area (Å²) < 4.78 is 5.43. The van der Waals surface area contributed by atoms with Crippen molar-refractivity contribution in [1.82, 2.24) is 10.1 Å². The number of amides is 1. The van der Waals surface area contributed by atoms with E-state index >= 15 is 0 Å². The highest BCUT2D eigenvalue weighted by molar-refractivity contribution is 5.94. The Hall–Kier alpha value is -2.95. The SMILES string of the molecule is CC(C)CCC(=O)Nc1ccccc1-c1nc(Cc2ccccc2)no1. The highest BCUT2D eigenvalue weighted by Crippen LogP contribution is 2.27. The van der Waals surface area contributed by atoms with Crippen molar-refractivity contribution in [3.63, 3.8) is 0 Å². The van der Waals surface area contributed by atoms with Crippen molar-refractivity contribution in [2.75, 3.05) is 5.32 Å². The Balaban J connectivity index is 1.74. The van der Waals surface area contributed by atoms with Crippen LogP contribution in [0.5, 0.6) is 0 Å². The van der Waals surface area contributed by atoms with Gasteiger partial charge in [0.05, 0.1) is 11.3 Å². The van der Waals surface area contributed by atoms with E-state index in [1.807, 2.05) is 54.6 Å². The minimum absolute atomic E-state index is 0.00447. The highest BCUT2D eigenvalue weighted by Gasteiger charge is 2.15. The van der Waals surface area contributed by atoms with Gasteiger partial charge in [-0.25, -0.2) is 0 Å². The Kier molecular flexibility index (Phi) is 5.79. The molecular formula is C21H23N3O2. The summed E-state index contributed by atoms with van der Waals surface area (Å²) >= 11 is 0. The van der Waals surface area contributed by atoms with E-state index in [9.17, 15) is 4.79 Å². The first-order valence-electron chi connectivity index (χ1n) is 8.87. The van der Waals surface area contributed by atoms with Crippen molar-refractivity contribution in [2.24, 2.45) is 5.92 Å². The summed E-state index contributed by atoms with van der Waals surface area (Å²) in [6.07, 6.45) is 1.96. The number of anilines is 1. The quantitative estimate of drug-likeness (QED) is 0.671. The van der Waals surface area contributed by atoms with Gasteiger partial charge < -0.3 is 9.84 Å². The molecule has 1 N–H and O–H groups in total. The van der Waals surface area contributed by atoms with E-state index in [0.717, 1.165) is 17.5 Å². The second kappa shape index (κ2) is 8.43. The van der Waals surface area contributed by atoms with E-state index in [2.05, 4.69) is 29.3 Å². The Morgan fingerprint density at radius 1 is 1.08 bits per heavy atom. The van der Waals surface area contributed by atoms with Crippen molar-refractivity contribution in [3.05, 3.63) is 66.0 Å². The molecule has 3 aromatic rings. The number of aromatic nitrogens is 2. The number of benzene rings is 2. The van der Waals surface area contributed by atoms with Gasteiger partial charge in [0.1, 0.15) is 0 Å². The molecule has 0 atom stereocenters. The average Bonchev–Trinajstić information content (AvgIpc) is 3.09. The average molecular weight is 349 g/mol. The first kappa shape index (κ1) is 17.9. The van der Waals surface area contributed by atoms with Crippen LogP contribution in [-0.2, 0) is 11.2 Å². The van der Waals surface area contributed by atoms with Gasteiger partial charge in [0, 0.05) is 12.8 Å². The second-order valence-electron chi connectivity index (χ2n) is 6.70. The lowest BCUT2D eigenvalue weighted by atomic mass is 10.1. The number of nitrogens with zero attached hydrogens (tertiary/aromatic N) is 2. The van der Waals surface area contributed by atoms with Gasteiger partial charge >= 0.3 is 0 Å². The normalized spacial score (nSPS) is 10.9. The minimum atomic E-state index is -0.00447. The first-order valence-corrected chi connectivity index (χ1v) is 8.87. The van der Waals surface area contributed by atoms with Crippen LogP contribution in [-0.4, -0.2) is 16.0 Å². The first-order chi connectivity index (χ1) is 12.6. The molecule has 0 spiro atoms. The lowest BCUT2D eigenvalue weighted by Crippen LogP contribution is -2.12. The summed E-state index contributed by atoms with van der Waals surface area (Å²) in [7, 11) is 0. The van der Waals surface area contributed by atoms with E-state index in [1.54, 1.807) is 0 Å². The molecule has 0 aliphatic carbocycles. The lowest BCUT2D eigenvalue weighted by Gasteiger charge is -2.09. The van der Waals surface area contributed by atoms with Crippen molar-refractivity contribution >= 4 is 11.6 Å². The third-order valence-corrected chi connectivity index (χ3v) is 4.05. The predicted octanol–water partition coefficient (Wildman–Crippen LogP) is 4.70. The smallest absolute Gasteiger partial charge is 0.260 e. The zero-order valence-electron chi connectivity index (χ0n) is 15.1. The Morgan fingerprint density at radius 2 is 1.81 bits per heavy atom. The summed E-state index contributed by atoms with van der Waals surface area (Å²) in [6.45, 7) is 4.21. The van der Waals surface area contributed by atoms with Crippen LogP contribution in [0.1, 0.15) is 38.1 Å². The van der Waals surface area contributed by atoms with Crippen molar-refractivity contribution in [1.29, 1.82) is 0 Å². The van der Waals surface area contributed by atoms with Crippen LogP contribution in [0.4, 0.5) is 5.69 Å². The molecular weight excluding hydrogens is 326 g/mol. The van der Waals surface area contributed by atoms with E-state index in [1.165, 1.54) is 0 Å². The highest BCUT2D eigenvalue weighted by atomic mass is 16.5. The van der Waals surface area contributed by atoms with Crippen molar-refractivity contribution in [2.45, 2.75) is 33.1 Å². The zero-order chi connectivity index (χ0) is 18.4. The summed E-state index contributed by atoms with van der Waals surface area (Å²) in [5, 5.41) is 7.03. The number of nitrogens with one attached hydrogen (secondary N) is 1. The number of carbonyl (C=O) groups excluding carboxylic acids is 1. The molecule has 0 unspecified atom stereocenters. The predicted molar refractivity (Wildman–Crippen MR) is 102 cm³/mol. The third kappa shape index (κ3) is 4.79. The maximum absolute atomic E-state index is 12.2. The maximum Gasteiger partial charge on any atom is 0.260 e. The second-order valence-corrected chi connectivity index (χ2v) is 6.70. The van der Waals surface area contributed by atoms with E-state index in [-0.39, 0.29) is 5.91 Å². The number of hydrogen-bond acceptors (Lipinski definition) is 4. The topological polar surface area (TPSA) is 68.0 Å². The Labute approximate surface area is 153 Å². The van der Waals surface area contributed by atoms with Crippen molar-refractivity contribution in [3.8, 4) is 11.5 Å². The molecule has 0 saturated carbocycles. The van der Waals surface area contributed by atoms with Crippen LogP contribution < -0.4 is 5.32 Å². The fourth-order valence-corrected chi connectivity index (χ4v) is 2.62. The molecule has 3 rings (SSSR count). The van der Waals surface area contributed by atoms with Gasteiger partial charge in [-0.1, -0.05) is 61.5 Å². The van der Waals surface area contributed by atoms with Crippen LogP contribution in [0.3, 0.4) is 0 Å². The van der Waals surface area contributed by atoms with Gasteiger partial charge in [0.25, 0.3) is 5.89 Å². The summed E-state index contributed by atoms with van der Waals surface area (Å²) in [5.74, 6) is 1.52. The van der Waals surface area contributed by atoms with Gasteiger partial charge in [-0.05, 0) is 30.0 Å². The minimum Gasteiger partial charge on any atom is -0.334 e. The molecule has 5 heteroatoms. The monoisotopic (exact) mass is 349 g/mol. The summed E-state index contributed by atoms with van der Waals surface area (Å²) in [6, 6.07) is 17.5. The molecule has 1 aromatic heterocycles. The molecule has 2 aromatic carbocycles. The molecule has 0 aliphatic rings. The number of hydrogen-bond donors (Lipinski definition) is 1. The van der Waals surface area contributed by atoms with Crippen LogP contribution in [0.15, 0.2) is 59.1 Å². The molecule has 0 saturated heterocycles. The fourth-order valence-electron chi connectivity index (χ4n) is 2.62. The largest absolute Gasteiger partial charge is 0.334 e. The summed E-state index contributed by atoms with van der Waals surface area (Å²) in [4.78, 5) is 16.7. The Bertz CT molecular complexity index is 856. The van der Waals surface area contributed by atoms with Gasteiger partial charge in [0.15, 0.2) is 5.82 Å². The number of rotatable bonds is 7. The van der Waals surface area contributed by atoms with Gasteiger partial charge in [-0.15, -0.1) is 0 Å². The maximum atomic E-state index is 12.2. The molecule has 0 radical (unpaired) electrons. The lowest BCUT2D eigenvalue weighted by molar-refractivity contribution is -0.116.